The first kappa shape index (κ1) is 16.9. The van der Waals surface area contributed by atoms with Crippen LogP contribution in [0.15, 0.2) is 63.8 Å². The minimum atomic E-state index is -0.612. The molecule has 5 nitrogen and oxygen atoms in total. The second kappa shape index (κ2) is 8.24. The molecule has 2 aromatic carbocycles. The van der Waals surface area contributed by atoms with Gasteiger partial charge in [-0.05, 0) is 42.5 Å². The van der Waals surface area contributed by atoms with Crippen LogP contribution in [-0.2, 0) is 19.4 Å². The second-order valence-electron chi connectivity index (χ2n) is 5.91. The monoisotopic (exact) mass is 339 g/mol. The fraction of sp³-hybridized carbons (Fsp3) is 0.250. The van der Waals surface area contributed by atoms with Crippen LogP contribution in [0.25, 0.3) is 0 Å². The molecule has 1 aromatic heterocycles. The van der Waals surface area contributed by atoms with Gasteiger partial charge in [0.25, 0.3) is 0 Å². The Morgan fingerprint density at radius 1 is 0.920 bits per heavy atom. The first-order valence-electron chi connectivity index (χ1n) is 8.37. The van der Waals surface area contributed by atoms with Crippen LogP contribution in [0.4, 0.5) is 0 Å². The highest BCUT2D eigenvalue weighted by molar-refractivity contribution is 5.28. The van der Waals surface area contributed by atoms with Gasteiger partial charge in [-0.1, -0.05) is 42.5 Å². The van der Waals surface area contributed by atoms with Crippen molar-refractivity contribution in [3.63, 3.8) is 0 Å². The smallest absolute Gasteiger partial charge is 0.419 e. The molecule has 0 atom stereocenters. The summed E-state index contributed by atoms with van der Waals surface area (Å²) in [4.78, 5) is 13.2. The van der Waals surface area contributed by atoms with Crippen LogP contribution in [0.2, 0.25) is 0 Å². The van der Waals surface area contributed by atoms with E-state index >= 15 is 0 Å². The molecule has 2 N–H and O–H groups in total. The molecule has 0 aliphatic rings. The Morgan fingerprint density at radius 2 is 1.64 bits per heavy atom. The number of hydrogen-bond donors (Lipinski definition) is 2. The van der Waals surface area contributed by atoms with E-state index in [1.165, 1.54) is 5.56 Å². The molecule has 3 aromatic rings. The molecule has 0 radical (unpaired) electrons. The summed E-state index contributed by atoms with van der Waals surface area (Å²) in [5, 5.41) is 9.45. The van der Waals surface area contributed by atoms with Gasteiger partial charge in [-0.15, -0.1) is 0 Å². The molecule has 0 fully saturated rings. The summed E-state index contributed by atoms with van der Waals surface area (Å²) in [6.45, 7) is 0.561. The van der Waals surface area contributed by atoms with Crippen LogP contribution in [0.3, 0.4) is 0 Å². The zero-order valence-corrected chi connectivity index (χ0v) is 13.9. The van der Waals surface area contributed by atoms with E-state index in [9.17, 15) is 9.90 Å². The van der Waals surface area contributed by atoms with Gasteiger partial charge in [0.15, 0.2) is 5.76 Å². The predicted octanol–water partition coefficient (Wildman–Crippen LogP) is 3.82. The number of aryl methyl sites for hydroxylation is 2. The lowest BCUT2D eigenvalue weighted by atomic mass is 10.1. The summed E-state index contributed by atoms with van der Waals surface area (Å²) in [6, 6.07) is 18.2. The first-order valence-corrected chi connectivity index (χ1v) is 8.37. The van der Waals surface area contributed by atoms with E-state index in [0.717, 1.165) is 30.6 Å². The van der Waals surface area contributed by atoms with Gasteiger partial charge in [0, 0.05) is 6.42 Å². The highest BCUT2D eigenvalue weighted by Crippen LogP contribution is 2.17. The molecule has 3 rings (SSSR count). The molecule has 0 aliphatic carbocycles. The average molecular weight is 339 g/mol. The molecule has 0 aliphatic heterocycles. The summed E-state index contributed by atoms with van der Waals surface area (Å²) >= 11 is 0. The van der Waals surface area contributed by atoms with Crippen LogP contribution in [0, 0.1) is 0 Å². The van der Waals surface area contributed by atoms with Gasteiger partial charge in [-0.2, -0.15) is 0 Å². The molecule has 1 heterocycles. The molecular formula is C20H21NO4. The lowest BCUT2D eigenvalue weighted by Crippen LogP contribution is -1.95. The van der Waals surface area contributed by atoms with Gasteiger partial charge in [0.05, 0.1) is 0 Å². The van der Waals surface area contributed by atoms with Crippen molar-refractivity contribution in [3.05, 3.63) is 82.0 Å². The van der Waals surface area contributed by atoms with Crippen molar-refractivity contribution >= 4 is 0 Å². The summed E-state index contributed by atoms with van der Waals surface area (Å²) < 4.78 is 10.6. The SMILES string of the molecule is O=c1[nH]c(O)c(CCCCc2ccc(OCc3ccccc3)cc2)o1. The number of H-pyrrole nitrogens is 1. The van der Waals surface area contributed by atoms with Gasteiger partial charge in [0.1, 0.15) is 12.4 Å². The summed E-state index contributed by atoms with van der Waals surface area (Å²) in [6.07, 6.45) is 3.25. The Bertz CT molecular complexity index is 834. The van der Waals surface area contributed by atoms with Crippen molar-refractivity contribution in [2.24, 2.45) is 0 Å². The van der Waals surface area contributed by atoms with Crippen molar-refractivity contribution in [2.75, 3.05) is 0 Å². The molecule has 130 valence electrons. The van der Waals surface area contributed by atoms with Crippen molar-refractivity contribution in [1.82, 2.24) is 4.98 Å². The van der Waals surface area contributed by atoms with Gasteiger partial charge in [-0.25, -0.2) is 4.79 Å². The molecule has 0 saturated heterocycles. The molecule has 0 amide bonds. The number of benzene rings is 2. The minimum Gasteiger partial charge on any atom is -0.492 e. The number of aromatic hydroxyl groups is 1. The van der Waals surface area contributed by atoms with Crippen molar-refractivity contribution in [3.8, 4) is 11.6 Å². The van der Waals surface area contributed by atoms with Crippen LogP contribution >= 0.6 is 0 Å². The van der Waals surface area contributed by atoms with Crippen LogP contribution in [0.1, 0.15) is 29.7 Å². The quantitative estimate of drug-likeness (QED) is 0.612. The lowest BCUT2D eigenvalue weighted by molar-refractivity contribution is 0.306. The molecule has 0 spiro atoms. The minimum absolute atomic E-state index is 0.162. The third-order valence-electron chi connectivity index (χ3n) is 3.99. The number of nitrogens with one attached hydrogen (secondary N) is 1. The number of aromatic nitrogens is 1. The van der Waals surface area contributed by atoms with E-state index < -0.39 is 5.76 Å². The van der Waals surface area contributed by atoms with Gasteiger partial charge in [0.2, 0.25) is 5.88 Å². The summed E-state index contributed by atoms with van der Waals surface area (Å²) in [5.74, 6) is 0.407. The molecular weight excluding hydrogens is 318 g/mol. The number of ether oxygens (including phenoxy) is 1. The topological polar surface area (TPSA) is 75.5 Å². The van der Waals surface area contributed by atoms with E-state index in [-0.39, 0.29) is 5.88 Å². The Balaban J connectivity index is 1.41. The van der Waals surface area contributed by atoms with E-state index in [1.807, 2.05) is 42.5 Å². The lowest BCUT2D eigenvalue weighted by Gasteiger charge is -2.07. The molecule has 0 unspecified atom stereocenters. The fourth-order valence-electron chi connectivity index (χ4n) is 2.63. The Kier molecular flexibility index (Phi) is 5.57. The number of oxazole rings is 1. The number of aromatic amines is 1. The van der Waals surface area contributed by atoms with E-state index in [4.69, 9.17) is 9.15 Å². The number of rotatable bonds is 8. The summed E-state index contributed by atoms with van der Waals surface area (Å²) in [7, 11) is 0. The summed E-state index contributed by atoms with van der Waals surface area (Å²) in [5.41, 5.74) is 2.37. The maximum atomic E-state index is 10.9. The van der Waals surface area contributed by atoms with Crippen LogP contribution in [-0.4, -0.2) is 10.1 Å². The molecule has 0 saturated carbocycles. The number of hydrogen-bond acceptors (Lipinski definition) is 4. The molecule has 0 bridgehead atoms. The Hall–Kier alpha value is -2.95. The maximum Gasteiger partial charge on any atom is 0.419 e. The fourth-order valence-corrected chi connectivity index (χ4v) is 2.63. The van der Waals surface area contributed by atoms with Crippen LogP contribution in [0.5, 0.6) is 11.6 Å². The zero-order valence-electron chi connectivity index (χ0n) is 13.9. The van der Waals surface area contributed by atoms with E-state index in [1.54, 1.807) is 0 Å². The van der Waals surface area contributed by atoms with Crippen molar-refractivity contribution < 1.29 is 14.3 Å². The highest BCUT2D eigenvalue weighted by atomic mass is 16.5. The van der Waals surface area contributed by atoms with Crippen LogP contribution < -0.4 is 10.5 Å². The van der Waals surface area contributed by atoms with E-state index in [2.05, 4.69) is 17.1 Å². The largest absolute Gasteiger partial charge is 0.492 e. The predicted molar refractivity (Wildman–Crippen MR) is 94.9 cm³/mol. The second-order valence-corrected chi connectivity index (χ2v) is 5.91. The normalized spacial score (nSPS) is 10.7. The standard InChI is InChI=1S/C20H21NO4/c22-19-18(25-20(23)21-19)9-5-4-6-15-10-12-17(13-11-15)24-14-16-7-2-1-3-8-16/h1-3,7-8,10-13,22H,4-6,9,14H2,(H,21,23). The van der Waals surface area contributed by atoms with Gasteiger partial charge >= 0.3 is 5.76 Å². The molecule has 25 heavy (non-hydrogen) atoms. The molecule has 5 heteroatoms. The Morgan fingerprint density at radius 3 is 2.32 bits per heavy atom. The first-order chi connectivity index (χ1) is 12.2. The third-order valence-corrected chi connectivity index (χ3v) is 3.99. The highest BCUT2D eigenvalue weighted by Gasteiger charge is 2.07. The Labute approximate surface area is 145 Å². The van der Waals surface area contributed by atoms with E-state index in [0.29, 0.717) is 18.8 Å². The average Bonchev–Trinajstić information content (AvgIpc) is 2.96. The maximum absolute atomic E-state index is 10.9. The van der Waals surface area contributed by atoms with Crippen molar-refractivity contribution in [2.45, 2.75) is 32.3 Å². The third kappa shape index (κ3) is 5.01. The van der Waals surface area contributed by atoms with Gasteiger partial charge in [-0.3, -0.25) is 4.98 Å². The van der Waals surface area contributed by atoms with Gasteiger partial charge < -0.3 is 14.3 Å². The van der Waals surface area contributed by atoms with Crippen molar-refractivity contribution in [1.29, 1.82) is 0 Å². The zero-order chi connectivity index (χ0) is 17.5. The number of unbranched alkanes of at least 4 members (excludes halogenated alkanes) is 1.